The Balaban J connectivity index is 2.33. The van der Waals surface area contributed by atoms with Gasteiger partial charge in [0.25, 0.3) is 0 Å². The lowest BCUT2D eigenvalue weighted by molar-refractivity contribution is 0.641. The summed E-state index contributed by atoms with van der Waals surface area (Å²) in [6.07, 6.45) is 3.55. The van der Waals surface area contributed by atoms with Gasteiger partial charge in [0.2, 0.25) is 0 Å². The number of hydrogen-bond acceptors (Lipinski definition) is 3. The van der Waals surface area contributed by atoms with E-state index in [1.165, 1.54) is 5.56 Å². The third-order valence-corrected chi connectivity index (χ3v) is 5.51. The summed E-state index contributed by atoms with van der Waals surface area (Å²) in [5.41, 5.74) is 7.25. The van der Waals surface area contributed by atoms with Crippen LogP contribution in [0.25, 0.3) is 0 Å². The van der Waals surface area contributed by atoms with Gasteiger partial charge in [0.1, 0.15) is 5.03 Å². The van der Waals surface area contributed by atoms with Crippen LogP contribution in [0, 0.1) is 0 Å². The Morgan fingerprint density at radius 1 is 1.35 bits per heavy atom. The van der Waals surface area contributed by atoms with Crippen LogP contribution >= 0.6 is 39.3 Å². The van der Waals surface area contributed by atoms with E-state index in [4.69, 9.17) is 17.3 Å². The zero-order chi connectivity index (χ0) is 14.5. The minimum absolute atomic E-state index is 0.153. The fourth-order valence-electron chi connectivity index (χ4n) is 1.80. The molecule has 20 heavy (non-hydrogen) atoms. The van der Waals surface area contributed by atoms with Gasteiger partial charge in [0.15, 0.2) is 0 Å². The van der Waals surface area contributed by atoms with E-state index in [-0.39, 0.29) is 6.04 Å². The van der Waals surface area contributed by atoms with Crippen LogP contribution in [0.3, 0.4) is 0 Å². The van der Waals surface area contributed by atoms with Gasteiger partial charge in [-0.3, -0.25) is 0 Å². The molecule has 0 amide bonds. The summed E-state index contributed by atoms with van der Waals surface area (Å²) >= 11 is 11.4. The molecule has 0 aliphatic rings. The number of rotatable bonds is 5. The van der Waals surface area contributed by atoms with E-state index in [0.29, 0.717) is 0 Å². The molecule has 0 saturated carbocycles. The molecule has 1 unspecified atom stereocenters. The number of nitrogens with zero attached hydrogens (tertiary/aromatic N) is 1. The largest absolute Gasteiger partial charge is 0.327 e. The fourth-order valence-corrected chi connectivity index (χ4v) is 3.53. The average Bonchev–Trinajstić information content (AvgIpc) is 2.44. The summed E-state index contributed by atoms with van der Waals surface area (Å²) in [5, 5.41) is 1.65. The first-order valence-corrected chi connectivity index (χ1v) is 8.42. The first-order chi connectivity index (χ1) is 9.61. The predicted octanol–water partition coefficient (Wildman–Crippen LogP) is 4.93. The standard InChI is InChI=1S/C15H16BrClN2S/c1-2-11(18)9-10-5-3-7-13(17)14(10)20-15-12(16)6-4-8-19-15/h3-8,11H,2,9,18H2,1H3. The molecule has 2 N–H and O–H groups in total. The van der Waals surface area contributed by atoms with Crippen molar-refractivity contribution in [1.29, 1.82) is 0 Å². The van der Waals surface area contributed by atoms with Crippen LogP contribution in [0.15, 0.2) is 50.9 Å². The molecule has 0 saturated heterocycles. The van der Waals surface area contributed by atoms with Gasteiger partial charge in [-0.05, 0) is 52.5 Å². The van der Waals surface area contributed by atoms with Crippen molar-refractivity contribution in [2.45, 2.75) is 35.7 Å². The second kappa shape index (κ2) is 7.46. The van der Waals surface area contributed by atoms with E-state index in [9.17, 15) is 0 Å². The van der Waals surface area contributed by atoms with Crippen LogP contribution in [-0.2, 0) is 6.42 Å². The number of pyridine rings is 1. The lowest BCUT2D eigenvalue weighted by Gasteiger charge is -2.14. The second-order valence-electron chi connectivity index (χ2n) is 4.49. The molecule has 2 rings (SSSR count). The molecule has 0 bridgehead atoms. The SMILES string of the molecule is CCC(N)Cc1cccc(Cl)c1Sc1ncccc1Br. The number of nitrogens with two attached hydrogens (primary N) is 1. The maximum atomic E-state index is 6.35. The average molecular weight is 372 g/mol. The molecule has 1 heterocycles. The topological polar surface area (TPSA) is 38.9 Å². The molecule has 0 aliphatic carbocycles. The van der Waals surface area contributed by atoms with Crippen LogP contribution in [0.4, 0.5) is 0 Å². The summed E-state index contributed by atoms with van der Waals surface area (Å²) in [5.74, 6) is 0. The minimum atomic E-state index is 0.153. The number of benzene rings is 1. The molecule has 0 aliphatic heterocycles. The highest BCUT2D eigenvalue weighted by Gasteiger charge is 2.13. The number of halogens is 2. The quantitative estimate of drug-likeness (QED) is 0.810. The Hall–Kier alpha value is -0.550. The van der Waals surface area contributed by atoms with Crippen molar-refractivity contribution in [3.05, 3.63) is 51.6 Å². The molecule has 5 heteroatoms. The van der Waals surface area contributed by atoms with Crippen molar-refractivity contribution >= 4 is 39.3 Å². The third-order valence-electron chi connectivity index (χ3n) is 2.98. The zero-order valence-corrected chi connectivity index (χ0v) is 14.3. The highest BCUT2D eigenvalue weighted by Crippen LogP contribution is 2.38. The Kier molecular flexibility index (Phi) is 5.90. The maximum Gasteiger partial charge on any atom is 0.115 e. The Morgan fingerprint density at radius 3 is 2.85 bits per heavy atom. The molecule has 0 spiro atoms. The molecular formula is C15H16BrClN2S. The Bertz CT molecular complexity index is 592. The van der Waals surface area contributed by atoms with Crippen molar-refractivity contribution in [3.63, 3.8) is 0 Å². The van der Waals surface area contributed by atoms with Gasteiger partial charge in [0, 0.05) is 17.1 Å². The monoisotopic (exact) mass is 370 g/mol. The molecule has 2 aromatic rings. The first kappa shape index (κ1) is 15.8. The van der Waals surface area contributed by atoms with Gasteiger partial charge in [-0.15, -0.1) is 0 Å². The highest BCUT2D eigenvalue weighted by molar-refractivity contribution is 9.10. The van der Waals surface area contributed by atoms with Gasteiger partial charge in [-0.1, -0.05) is 42.4 Å². The van der Waals surface area contributed by atoms with Gasteiger partial charge in [-0.2, -0.15) is 0 Å². The van der Waals surface area contributed by atoms with Gasteiger partial charge in [-0.25, -0.2) is 4.98 Å². The summed E-state index contributed by atoms with van der Waals surface area (Å²) in [4.78, 5) is 5.42. The van der Waals surface area contributed by atoms with Crippen LogP contribution < -0.4 is 5.73 Å². The predicted molar refractivity (Wildman–Crippen MR) is 89.5 cm³/mol. The van der Waals surface area contributed by atoms with Crippen molar-refractivity contribution in [3.8, 4) is 0 Å². The van der Waals surface area contributed by atoms with Crippen LogP contribution in [-0.4, -0.2) is 11.0 Å². The molecule has 1 aromatic carbocycles. The van der Waals surface area contributed by atoms with Crippen molar-refractivity contribution in [2.24, 2.45) is 5.73 Å². The van der Waals surface area contributed by atoms with Crippen molar-refractivity contribution in [2.75, 3.05) is 0 Å². The van der Waals surface area contributed by atoms with E-state index in [2.05, 4.69) is 33.9 Å². The molecule has 106 valence electrons. The lowest BCUT2D eigenvalue weighted by Crippen LogP contribution is -2.21. The second-order valence-corrected chi connectivity index (χ2v) is 6.75. The summed E-state index contributed by atoms with van der Waals surface area (Å²) in [6, 6.07) is 9.98. The van der Waals surface area contributed by atoms with Crippen molar-refractivity contribution < 1.29 is 0 Å². The van der Waals surface area contributed by atoms with E-state index in [0.717, 1.165) is 32.3 Å². The molecule has 2 nitrogen and oxygen atoms in total. The fraction of sp³-hybridized carbons (Fsp3) is 0.267. The third kappa shape index (κ3) is 3.98. The molecule has 0 radical (unpaired) electrons. The number of hydrogen-bond donors (Lipinski definition) is 1. The molecule has 1 aromatic heterocycles. The molecule has 1 atom stereocenters. The summed E-state index contributed by atoms with van der Waals surface area (Å²) < 4.78 is 0.968. The highest BCUT2D eigenvalue weighted by atomic mass is 79.9. The smallest absolute Gasteiger partial charge is 0.115 e. The lowest BCUT2D eigenvalue weighted by atomic mass is 10.0. The zero-order valence-electron chi connectivity index (χ0n) is 11.1. The van der Waals surface area contributed by atoms with E-state index in [1.807, 2.05) is 24.3 Å². The first-order valence-electron chi connectivity index (χ1n) is 6.43. The van der Waals surface area contributed by atoms with Crippen LogP contribution in [0.5, 0.6) is 0 Å². The van der Waals surface area contributed by atoms with Gasteiger partial charge >= 0.3 is 0 Å². The Morgan fingerprint density at radius 2 is 2.15 bits per heavy atom. The van der Waals surface area contributed by atoms with Gasteiger partial charge < -0.3 is 5.73 Å². The molecule has 0 fully saturated rings. The van der Waals surface area contributed by atoms with Crippen LogP contribution in [0.2, 0.25) is 5.02 Å². The molecular weight excluding hydrogens is 356 g/mol. The normalized spacial score (nSPS) is 12.4. The Labute approximate surface area is 137 Å². The van der Waals surface area contributed by atoms with E-state index < -0.39 is 0 Å². The number of aromatic nitrogens is 1. The van der Waals surface area contributed by atoms with Gasteiger partial charge in [0.05, 0.1) is 9.50 Å². The summed E-state index contributed by atoms with van der Waals surface area (Å²) in [7, 11) is 0. The van der Waals surface area contributed by atoms with Crippen LogP contribution in [0.1, 0.15) is 18.9 Å². The maximum absolute atomic E-state index is 6.35. The van der Waals surface area contributed by atoms with Crippen molar-refractivity contribution in [1.82, 2.24) is 4.98 Å². The summed E-state index contributed by atoms with van der Waals surface area (Å²) in [6.45, 7) is 2.09. The van der Waals surface area contributed by atoms with E-state index >= 15 is 0 Å². The minimum Gasteiger partial charge on any atom is -0.327 e. The van der Waals surface area contributed by atoms with E-state index in [1.54, 1.807) is 18.0 Å².